The number of piperidine rings is 2. The van der Waals surface area contributed by atoms with Crippen LogP contribution in [0.1, 0.15) is 80.0 Å². The SMILES string of the molecule is Cc1c(C(=O)NC2CCN(C3CCCCC3)CC2)nnn1C1CCNCC1.Cl.Cl. The highest BCUT2D eigenvalue weighted by Gasteiger charge is 2.28. The number of hydrogen-bond acceptors (Lipinski definition) is 5. The number of aromatic nitrogens is 3. The normalized spacial score (nSPS) is 22.5. The molecule has 166 valence electrons. The second-order valence-electron chi connectivity index (χ2n) is 8.52. The van der Waals surface area contributed by atoms with Crippen molar-refractivity contribution >= 4 is 30.7 Å². The topological polar surface area (TPSA) is 75.1 Å². The molecule has 2 N–H and O–H groups in total. The molecule has 29 heavy (non-hydrogen) atoms. The molecule has 4 rings (SSSR count). The Kier molecular flexibility index (Phi) is 9.66. The van der Waals surface area contributed by atoms with Crippen LogP contribution in [0, 0.1) is 6.92 Å². The van der Waals surface area contributed by atoms with Crippen LogP contribution in [0.25, 0.3) is 0 Å². The lowest BCUT2D eigenvalue weighted by Crippen LogP contribution is -2.48. The summed E-state index contributed by atoms with van der Waals surface area (Å²) in [5, 5.41) is 15.1. The van der Waals surface area contributed by atoms with Gasteiger partial charge in [0, 0.05) is 25.2 Å². The van der Waals surface area contributed by atoms with Crippen molar-refractivity contribution in [3.63, 3.8) is 0 Å². The van der Waals surface area contributed by atoms with Gasteiger partial charge in [0.05, 0.1) is 11.7 Å². The second-order valence-corrected chi connectivity index (χ2v) is 8.52. The summed E-state index contributed by atoms with van der Waals surface area (Å²) in [6, 6.07) is 1.40. The minimum atomic E-state index is -0.0520. The molecule has 3 fully saturated rings. The lowest BCUT2D eigenvalue weighted by Gasteiger charge is -2.39. The highest BCUT2D eigenvalue weighted by Crippen LogP contribution is 2.25. The van der Waals surface area contributed by atoms with Gasteiger partial charge in [0.25, 0.3) is 5.91 Å². The Morgan fingerprint density at radius 1 is 0.966 bits per heavy atom. The summed E-state index contributed by atoms with van der Waals surface area (Å²) in [4.78, 5) is 15.4. The van der Waals surface area contributed by atoms with Crippen molar-refractivity contribution in [2.45, 2.75) is 82.8 Å². The van der Waals surface area contributed by atoms with Gasteiger partial charge in [-0.25, -0.2) is 4.68 Å². The van der Waals surface area contributed by atoms with E-state index in [0.29, 0.717) is 11.7 Å². The van der Waals surface area contributed by atoms with Crippen molar-refractivity contribution in [2.24, 2.45) is 0 Å². The van der Waals surface area contributed by atoms with E-state index >= 15 is 0 Å². The molecule has 3 aliphatic rings. The Labute approximate surface area is 186 Å². The molecule has 0 radical (unpaired) electrons. The second kappa shape index (κ2) is 11.5. The predicted octanol–water partition coefficient (Wildman–Crippen LogP) is 2.88. The number of amides is 1. The fourth-order valence-corrected chi connectivity index (χ4v) is 5.06. The molecule has 0 unspecified atom stereocenters. The van der Waals surface area contributed by atoms with Crippen LogP contribution in [-0.2, 0) is 0 Å². The first-order chi connectivity index (χ1) is 13.2. The Morgan fingerprint density at radius 3 is 2.28 bits per heavy atom. The maximum absolute atomic E-state index is 12.8. The monoisotopic (exact) mass is 446 g/mol. The number of hydrogen-bond donors (Lipinski definition) is 2. The summed E-state index contributed by atoms with van der Waals surface area (Å²) in [5.41, 5.74) is 1.40. The first kappa shape index (κ1) is 24.4. The van der Waals surface area contributed by atoms with E-state index in [1.165, 1.54) is 32.1 Å². The number of rotatable bonds is 4. The van der Waals surface area contributed by atoms with Crippen LogP contribution in [0.3, 0.4) is 0 Å². The first-order valence-corrected chi connectivity index (χ1v) is 10.9. The van der Waals surface area contributed by atoms with Gasteiger partial charge in [-0.05, 0) is 58.5 Å². The van der Waals surface area contributed by atoms with E-state index in [-0.39, 0.29) is 36.8 Å². The fraction of sp³-hybridized carbons (Fsp3) is 0.850. The van der Waals surface area contributed by atoms with E-state index in [1.807, 2.05) is 11.6 Å². The summed E-state index contributed by atoms with van der Waals surface area (Å²) < 4.78 is 1.96. The fourth-order valence-electron chi connectivity index (χ4n) is 5.06. The average molecular weight is 447 g/mol. The van der Waals surface area contributed by atoms with E-state index in [0.717, 1.165) is 63.6 Å². The molecule has 1 aromatic heterocycles. The van der Waals surface area contributed by atoms with Crippen LogP contribution >= 0.6 is 24.8 Å². The van der Waals surface area contributed by atoms with Crippen LogP contribution in [-0.4, -0.2) is 64.1 Å². The third kappa shape index (κ3) is 5.84. The van der Waals surface area contributed by atoms with Gasteiger partial charge < -0.3 is 15.5 Å². The van der Waals surface area contributed by atoms with E-state index < -0.39 is 0 Å². The molecule has 1 aromatic rings. The highest BCUT2D eigenvalue weighted by atomic mass is 35.5. The summed E-state index contributed by atoms with van der Waals surface area (Å²) in [7, 11) is 0. The molecule has 9 heteroatoms. The van der Waals surface area contributed by atoms with E-state index in [4.69, 9.17) is 0 Å². The third-order valence-electron chi connectivity index (χ3n) is 6.75. The van der Waals surface area contributed by atoms with Gasteiger partial charge >= 0.3 is 0 Å². The lowest BCUT2D eigenvalue weighted by atomic mass is 9.92. The Morgan fingerprint density at radius 2 is 1.62 bits per heavy atom. The molecule has 2 aliphatic heterocycles. The van der Waals surface area contributed by atoms with Gasteiger partial charge in [0.15, 0.2) is 5.69 Å². The molecular weight excluding hydrogens is 411 g/mol. The number of nitrogens with zero attached hydrogens (tertiary/aromatic N) is 4. The van der Waals surface area contributed by atoms with E-state index in [9.17, 15) is 4.79 Å². The van der Waals surface area contributed by atoms with Crippen LogP contribution in [0.4, 0.5) is 0 Å². The van der Waals surface area contributed by atoms with E-state index in [2.05, 4.69) is 25.8 Å². The summed E-state index contributed by atoms with van der Waals surface area (Å²) in [6.07, 6.45) is 11.1. The molecule has 7 nitrogen and oxygen atoms in total. The number of nitrogens with one attached hydrogen (secondary N) is 2. The minimum Gasteiger partial charge on any atom is -0.348 e. The molecule has 0 bridgehead atoms. The standard InChI is InChI=1S/C20H34N6O.2ClH/c1-15-19(23-24-26(15)18-7-11-21-12-8-18)20(27)22-16-9-13-25(14-10-16)17-5-3-2-4-6-17;;/h16-18,21H,2-14H2,1H3,(H,22,27);2*1H. The van der Waals surface area contributed by atoms with Crippen LogP contribution in [0.2, 0.25) is 0 Å². The van der Waals surface area contributed by atoms with Crippen LogP contribution in [0.5, 0.6) is 0 Å². The molecule has 0 spiro atoms. The summed E-state index contributed by atoms with van der Waals surface area (Å²) in [5.74, 6) is -0.0520. The van der Waals surface area contributed by atoms with Gasteiger partial charge in [-0.15, -0.1) is 29.9 Å². The van der Waals surface area contributed by atoms with Crippen molar-refractivity contribution in [3.8, 4) is 0 Å². The van der Waals surface area contributed by atoms with Crippen LogP contribution in [0.15, 0.2) is 0 Å². The maximum atomic E-state index is 12.8. The Balaban J connectivity index is 0.00000150. The Hall–Kier alpha value is -0.890. The number of carbonyl (C=O) groups excluding carboxylic acids is 1. The molecule has 3 heterocycles. The molecule has 1 aliphatic carbocycles. The van der Waals surface area contributed by atoms with Crippen molar-refractivity contribution in [3.05, 3.63) is 11.4 Å². The Bertz CT molecular complexity index is 635. The smallest absolute Gasteiger partial charge is 0.273 e. The quantitative estimate of drug-likeness (QED) is 0.743. The minimum absolute atomic E-state index is 0. The molecule has 0 aromatic carbocycles. The number of halogens is 2. The zero-order valence-corrected chi connectivity index (χ0v) is 19.1. The number of likely N-dealkylation sites (tertiary alicyclic amines) is 1. The van der Waals surface area contributed by atoms with Crippen molar-refractivity contribution < 1.29 is 4.79 Å². The van der Waals surface area contributed by atoms with Crippen LogP contribution < -0.4 is 10.6 Å². The molecule has 1 amide bonds. The zero-order valence-electron chi connectivity index (χ0n) is 17.4. The number of carbonyl (C=O) groups is 1. The predicted molar refractivity (Wildman–Crippen MR) is 119 cm³/mol. The largest absolute Gasteiger partial charge is 0.348 e. The van der Waals surface area contributed by atoms with Gasteiger partial charge in [0.1, 0.15) is 0 Å². The van der Waals surface area contributed by atoms with Gasteiger partial charge in [-0.1, -0.05) is 24.5 Å². The van der Waals surface area contributed by atoms with Gasteiger partial charge in [0.2, 0.25) is 0 Å². The van der Waals surface area contributed by atoms with Crippen molar-refractivity contribution in [1.82, 2.24) is 30.5 Å². The van der Waals surface area contributed by atoms with E-state index in [1.54, 1.807) is 0 Å². The first-order valence-electron chi connectivity index (χ1n) is 10.9. The van der Waals surface area contributed by atoms with Gasteiger partial charge in [-0.2, -0.15) is 0 Å². The van der Waals surface area contributed by atoms with Gasteiger partial charge in [-0.3, -0.25) is 4.79 Å². The third-order valence-corrected chi connectivity index (χ3v) is 6.75. The molecule has 2 saturated heterocycles. The zero-order chi connectivity index (χ0) is 18.6. The summed E-state index contributed by atoms with van der Waals surface area (Å²) >= 11 is 0. The average Bonchev–Trinajstić information content (AvgIpc) is 3.11. The lowest BCUT2D eigenvalue weighted by molar-refractivity contribution is 0.0860. The van der Waals surface area contributed by atoms with Crippen molar-refractivity contribution in [1.29, 1.82) is 0 Å². The highest BCUT2D eigenvalue weighted by molar-refractivity contribution is 5.93. The molecule has 0 atom stereocenters. The van der Waals surface area contributed by atoms with Crippen molar-refractivity contribution in [2.75, 3.05) is 26.2 Å². The maximum Gasteiger partial charge on any atom is 0.273 e. The molecular formula is C20H36Cl2N6O. The summed E-state index contributed by atoms with van der Waals surface area (Å²) in [6.45, 7) is 6.20. The molecule has 1 saturated carbocycles.